The van der Waals surface area contributed by atoms with Gasteiger partial charge in [-0.15, -0.1) is 0 Å². The van der Waals surface area contributed by atoms with Crippen LogP contribution in [0.2, 0.25) is 0 Å². The van der Waals surface area contributed by atoms with Gasteiger partial charge in [-0.05, 0) is 18.9 Å². The number of amides is 1. The summed E-state index contributed by atoms with van der Waals surface area (Å²) in [5.41, 5.74) is -0.609. The van der Waals surface area contributed by atoms with Gasteiger partial charge in [-0.25, -0.2) is 17.9 Å². The van der Waals surface area contributed by atoms with Crippen LogP contribution in [0.1, 0.15) is 12.8 Å². The first-order valence-electron chi connectivity index (χ1n) is 6.99. The highest BCUT2D eigenvalue weighted by Gasteiger charge is 2.34. The predicted octanol–water partition coefficient (Wildman–Crippen LogP) is -0.0513. The fourth-order valence-electron chi connectivity index (χ4n) is 2.49. The van der Waals surface area contributed by atoms with Crippen LogP contribution in [0, 0.1) is 10.1 Å². The van der Waals surface area contributed by atoms with Gasteiger partial charge in [0.2, 0.25) is 15.9 Å². The predicted molar refractivity (Wildman–Crippen MR) is 80.7 cm³/mol. The molecule has 2 N–H and O–H groups in total. The summed E-state index contributed by atoms with van der Waals surface area (Å²) in [6, 6.07) is 3.76. The zero-order valence-corrected chi connectivity index (χ0v) is 13.2. The first kappa shape index (κ1) is 17.8. The molecule has 0 aliphatic carbocycles. The van der Waals surface area contributed by atoms with E-state index >= 15 is 0 Å². The summed E-state index contributed by atoms with van der Waals surface area (Å²) in [5, 5.41) is 19.9. The maximum absolute atomic E-state index is 12.2. The van der Waals surface area contributed by atoms with Crippen LogP contribution in [0.15, 0.2) is 29.2 Å². The summed E-state index contributed by atoms with van der Waals surface area (Å²) >= 11 is 0. The minimum atomic E-state index is -4.28. The fourth-order valence-corrected chi connectivity index (χ4v) is 3.64. The number of nitro benzene ring substituents is 1. The summed E-state index contributed by atoms with van der Waals surface area (Å²) in [4.78, 5) is 33.7. The quantitative estimate of drug-likeness (QED) is 0.536. The van der Waals surface area contributed by atoms with Gasteiger partial charge in [-0.2, -0.15) is 0 Å². The Hall–Kier alpha value is -2.53. The number of para-hydroxylation sites is 1. The number of nitrogens with one attached hydrogen (secondary N) is 1. The van der Waals surface area contributed by atoms with Gasteiger partial charge in [0, 0.05) is 12.6 Å². The standard InChI is InChI=1S/C13H15N3O7S/c17-12(15-7-3-5-10(15)13(18)19)8-14-24(22,23)11-6-2-1-4-9(11)16(20)21/h1-2,4,6,10,14H,3,5,7-8H2,(H,18,19)/t10-/m0/s1. The number of aliphatic carboxylic acids is 1. The maximum Gasteiger partial charge on any atom is 0.326 e. The topological polar surface area (TPSA) is 147 Å². The van der Waals surface area contributed by atoms with Gasteiger partial charge in [0.25, 0.3) is 5.69 Å². The van der Waals surface area contributed by atoms with E-state index in [9.17, 15) is 28.1 Å². The third kappa shape index (κ3) is 3.68. The minimum Gasteiger partial charge on any atom is -0.480 e. The van der Waals surface area contributed by atoms with E-state index in [-0.39, 0.29) is 6.54 Å². The third-order valence-corrected chi connectivity index (χ3v) is 5.07. The van der Waals surface area contributed by atoms with E-state index in [0.717, 1.165) is 17.0 Å². The third-order valence-electron chi connectivity index (χ3n) is 3.62. The molecule has 130 valence electrons. The van der Waals surface area contributed by atoms with Crippen molar-refractivity contribution >= 4 is 27.6 Å². The molecule has 0 saturated carbocycles. The molecule has 1 aromatic carbocycles. The van der Waals surface area contributed by atoms with Gasteiger partial charge >= 0.3 is 5.97 Å². The number of carbonyl (C=O) groups excluding carboxylic acids is 1. The molecule has 0 radical (unpaired) electrons. The van der Waals surface area contributed by atoms with Gasteiger partial charge in [-0.1, -0.05) is 12.1 Å². The lowest BCUT2D eigenvalue weighted by molar-refractivity contribution is -0.387. The molecule has 0 unspecified atom stereocenters. The second-order valence-corrected chi connectivity index (χ2v) is 6.87. The van der Waals surface area contributed by atoms with E-state index in [0.29, 0.717) is 12.8 Å². The van der Waals surface area contributed by atoms with Crippen molar-refractivity contribution < 1.29 is 28.0 Å². The minimum absolute atomic E-state index is 0.225. The lowest BCUT2D eigenvalue weighted by Gasteiger charge is -2.21. The number of nitro groups is 1. The Labute approximate surface area is 137 Å². The number of hydrogen-bond acceptors (Lipinski definition) is 6. The number of nitrogens with zero attached hydrogens (tertiary/aromatic N) is 2. The molecule has 1 amide bonds. The van der Waals surface area contributed by atoms with Crippen molar-refractivity contribution in [2.24, 2.45) is 0 Å². The molecular formula is C13H15N3O7S. The number of carboxylic acid groups (broad SMARTS) is 1. The van der Waals surface area contributed by atoms with E-state index in [4.69, 9.17) is 5.11 Å². The Morgan fingerprint density at radius 1 is 1.38 bits per heavy atom. The van der Waals surface area contributed by atoms with Crippen LogP contribution in [-0.2, 0) is 19.6 Å². The van der Waals surface area contributed by atoms with Gasteiger partial charge in [0.15, 0.2) is 4.90 Å². The number of sulfonamides is 1. The summed E-state index contributed by atoms with van der Waals surface area (Å²) in [6.07, 6.45) is 0.817. The van der Waals surface area contributed by atoms with Crippen LogP contribution in [0.4, 0.5) is 5.69 Å². The zero-order chi connectivity index (χ0) is 17.9. The van der Waals surface area contributed by atoms with E-state index < -0.39 is 50.0 Å². The molecule has 1 heterocycles. The summed E-state index contributed by atoms with van der Waals surface area (Å²) in [7, 11) is -4.28. The monoisotopic (exact) mass is 357 g/mol. The molecular weight excluding hydrogens is 342 g/mol. The van der Waals surface area contributed by atoms with Gasteiger partial charge in [-0.3, -0.25) is 14.9 Å². The SMILES string of the molecule is O=C(O)[C@@H]1CCCN1C(=O)CNS(=O)(=O)c1ccccc1[N+](=O)[O-]. The molecule has 1 fully saturated rings. The van der Waals surface area contributed by atoms with Crippen LogP contribution in [0.3, 0.4) is 0 Å². The number of likely N-dealkylation sites (tertiary alicyclic amines) is 1. The second kappa shape index (κ2) is 6.93. The highest BCUT2D eigenvalue weighted by molar-refractivity contribution is 7.89. The van der Waals surface area contributed by atoms with Crippen LogP contribution in [-0.4, -0.2) is 54.4 Å². The lowest BCUT2D eigenvalue weighted by atomic mass is 10.2. The molecule has 1 aliphatic rings. The number of rotatable bonds is 6. The molecule has 2 rings (SSSR count). The van der Waals surface area contributed by atoms with E-state index in [1.165, 1.54) is 12.1 Å². The van der Waals surface area contributed by atoms with Crippen molar-refractivity contribution in [3.05, 3.63) is 34.4 Å². The smallest absolute Gasteiger partial charge is 0.326 e. The fraction of sp³-hybridized carbons (Fsp3) is 0.385. The van der Waals surface area contributed by atoms with Gasteiger partial charge < -0.3 is 10.0 Å². The molecule has 1 saturated heterocycles. The van der Waals surface area contributed by atoms with Crippen molar-refractivity contribution in [1.82, 2.24) is 9.62 Å². The van der Waals surface area contributed by atoms with Gasteiger partial charge in [0.1, 0.15) is 6.04 Å². The van der Waals surface area contributed by atoms with E-state index in [1.807, 2.05) is 4.72 Å². The normalized spacial score (nSPS) is 17.7. The Balaban J connectivity index is 2.12. The highest BCUT2D eigenvalue weighted by Crippen LogP contribution is 2.23. The Kier molecular flexibility index (Phi) is 5.14. The molecule has 1 aliphatic heterocycles. The molecule has 1 aromatic rings. The number of carbonyl (C=O) groups is 2. The van der Waals surface area contributed by atoms with Crippen molar-refractivity contribution in [3.63, 3.8) is 0 Å². The average molecular weight is 357 g/mol. The lowest BCUT2D eigenvalue weighted by Crippen LogP contribution is -2.45. The maximum atomic E-state index is 12.2. The van der Waals surface area contributed by atoms with Crippen molar-refractivity contribution in [1.29, 1.82) is 0 Å². The van der Waals surface area contributed by atoms with Crippen molar-refractivity contribution in [2.75, 3.05) is 13.1 Å². The Bertz CT molecular complexity index is 778. The van der Waals surface area contributed by atoms with Crippen LogP contribution in [0.25, 0.3) is 0 Å². The molecule has 0 bridgehead atoms. The molecule has 1 atom stereocenters. The van der Waals surface area contributed by atoms with E-state index in [1.54, 1.807) is 0 Å². The Morgan fingerprint density at radius 2 is 2.04 bits per heavy atom. The molecule has 10 nitrogen and oxygen atoms in total. The van der Waals surface area contributed by atoms with Crippen LogP contribution >= 0.6 is 0 Å². The molecule has 0 aromatic heterocycles. The molecule has 0 spiro atoms. The van der Waals surface area contributed by atoms with Gasteiger partial charge in [0.05, 0.1) is 11.5 Å². The van der Waals surface area contributed by atoms with Crippen LogP contribution < -0.4 is 4.72 Å². The molecule has 24 heavy (non-hydrogen) atoms. The summed E-state index contributed by atoms with van der Waals surface area (Å²) in [6.45, 7) is -0.443. The zero-order valence-electron chi connectivity index (χ0n) is 12.4. The summed E-state index contributed by atoms with van der Waals surface area (Å²) < 4.78 is 26.4. The average Bonchev–Trinajstić information content (AvgIpc) is 3.02. The number of hydrogen-bond donors (Lipinski definition) is 2. The number of carboxylic acids is 1. The number of benzene rings is 1. The van der Waals surface area contributed by atoms with Crippen molar-refractivity contribution in [3.8, 4) is 0 Å². The first-order chi connectivity index (χ1) is 11.2. The summed E-state index contributed by atoms with van der Waals surface area (Å²) in [5.74, 6) is -1.84. The van der Waals surface area contributed by atoms with Crippen molar-refractivity contribution in [2.45, 2.75) is 23.8 Å². The largest absolute Gasteiger partial charge is 0.480 e. The first-order valence-corrected chi connectivity index (χ1v) is 8.47. The Morgan fingerprint density at radius 3 is 2.67 bits per heavy atom. The van der Waals surface area contributed by atoms with E-state index in [2.05, 4.69) is 0 Å². The molecule has 11 heteroatoms. The second-order valence-electron chi connectivity index (χ2n) is 5.13. The highest BCUT2D eigenvalue weighted by atomic mass is 32.2. The van der Waals surface area contributed by atoms with Crippen LogP contribution in [0.5, 0.6) is 0 Å².